The van der Waals surface area contributed by atoms with Crippen molar-refractivity contribution in [1.29, 1.82) is 0 Å². The second kappa shape index (κ2) is 13.1. The summed E-state index contributed by atoms with van der Waals surface area (Å²) in [7, 11) is 1.86. The van der Waals surface area contributed by atoms with Gasteiger partial charge in [0.15, 0.2) is 5.96 Å². The number of halogens is 1. The minimum atomic E-state index is -0.358. The average Bonchev–Trinajstić information content (AvgIpc) is 3.20. The van der Waals surface area contributed by atoms with Gasteiger partial charge in [-0.05, 0) is 37.2 Å². The van der Waals surface area contributed by atoms with Gasteiger partial charge in [-0.3, -0.25) is 20.0 Å². The van der Waals surface area contributed by atoms with Gasteiger partial charge < -0.3 is 15.0 Å². The van der Waals surface area contributed by atoms with E-state index in [1.54, 1.807) is 12.1 Å². The minimum absolute atomic E-state index is 0. The number of unbranched alkanes of at least 4 members (excludes halogenated alkanes) is 1. The predicted octanol–water partition coefficient (Wildman–Crippen LogP) is 2.77. The van der Waals surface area contributed by atoms with E-state index in [0.717, 1.165) is 83.3 Å². The molecule has 1 aromatic carbocycles. The number of guanidine groups is 1. The van der Waals surface area contributed by atoms with Gasteiger partial charge in [0, 0.05) is 58.4 Å². The molecule has 2 fully saturated rings. The number of nitro benzene ring substituents is 1. The number of hydrogen-bond acceptors (Lipinski definition) is 5. The van der Waals surface area contributed by atoms with Crippen LogP contribution in [0.4, 0.5) is 5.69 Å². The van der Waals surface area contributed by atoms with E-state index in [-0.39, 0.29) is 34.6 Å². The van der Waals surface area contributed by atoms with E-state index in [4.69, 9.17) is 4.74 Å². The number of nitrogens with zero attached hydrogens (tertiary/aromatic N) is 4. The Morgan fingerprint density at radius 2 is 1.97 bits per heavy atom. The first-order valence-electron chi connectivity index (χ1n) is 10.6. The van der Waals surface area contributed by atoms with Gasteiger partial charge in [0.1, 0.15) is 0 Å². The van der Waals surface area contributed by atoms with Crippen LogP contribution in [-0.4, -0.2) is 80.2 Å². The number of likely N-dealkylation sites (tertiary alicyclic amines) is 1. The van der Waals surface area contributed by atoms with E-state index >= 15 is 0 Å². The number of benzene rings is 1. The third-order valence-electron chi connectivity index (χ3n) is 5.74. The van der Waals surface area contributed by atoms with Crippen LogP contribution in [0.2, 0.25) is 0 Å². The summed E-state index contributed by atoms with van der Waals surface area (Å²) in [5.41, 5.74) is 1.29. The van der Waals surface area contributed by atoms with Crippen LogP contribution in [0.3, 0.4) is 0 Å². The molecule has 30 heavy (non-hydrogen) atoms. The molecule has 0 amide bonds. The molecule has 2 heterocycles. The molecule has 3 rings (SSSR count). The first-order valence-corrected chi connectivity index (χ1v) is 10.6. The van der Waals surface area contributed by atoms with E-state index < -0.39 is 0 Å². The van der Waals surface area contributed by atoms with E-state index in [1.807, 2.05) is 19.2 Å². The zero-order valence-electron chi connectivity index (χ0n) is 17.8. The lowest BCUT2D eigenvalue weighted by Crippen LogP contribution is -2.42. The maximum absolute atomic E-state index is 10.7. The van der Waals surface area contributed by atoms with Gasteiger partial charge in [0.2, 0.25) is 0 Å². The second-order valence-electron chi connectivity index (χ2n) is 7.87. The van der Waals surface area contributed by atoms with Gasteiger partial charge in [-0.2, -0.15) is 0 Å². The summed E-state index contributed by atoms with van der Waals surface area (Å²) in [6.45, 7) is 8.02. The smallest absolute Gasteiger partial charge is 0.269 e. The quantitative estimate of drug-likeness (QED) is 0.139. The third kappa shape index (κ3) is 7.66. The van der Waals surface area contributed by atoms with E-state index in [2.05, 4.69) is 20.1 Å². The topological polar surface area (TPSA) is 83.2 Å². The largest absolute Gasteiger partial charge is 0.379 e. The van der Waals surface area contributed by atoms with E-state index in [0.29, 0.717) is 5.92 Å². The number of ether oxygens (including phenoxy) is 1. The molecule has 9 heteroatoms. The van der Waals surface area contributed by atoms with Crippen LogP contribution >= 0.6 is 24.0 Å². The molecule has 2 aliphatic heterocycles. The molecule has 0 aromatic heterocycles. The van der Waals surface area contributed by atoms with Crippen molar-refractivity contribution in [3.8, 4) is 0 Å². The molecule has 0 saturated carbocycles. The molecule has 1 unspecified atom stereocenters. The van der Waals surface area contributed by atoms with Crippen LogP contribution in [0.25, 0.3) is 0 Å². The second-order valence-corrected chi connectivity index (χ2v) is 7.87. The summed E-state index contributed by atoms with van der Waals surface area (Å²) in [5.74, 6) is 1.71. The van der Waals surface area contributed by atoms with Crippen LogP contribution < -0.4 is 5.32 Å². The van der Waals surface area contributed by atoms with Crippen molar-refractivity contribution < 1.29 is 9.66 Å². The Morgan fingerprint density at radius 3 is 2.63 bits per heavy atom. The number of aliphatic imine (C=N–C) groups is 1. The number of hydrogen-bond donors (Lipinski definition) is 1. The monoisotopic (exact) mass is 531 g/mol. The van der Waals surface area contributed by atoms with Gasteiger partial charge >= 0.3 is 0 Å². The molecule has 1 aromatic rings. The zero-order valence-corrected chi connectivity index (χ0v) is 20.1. The summed E-state index contributed by atoms with van der Waals surface area (Å²) in [6, 6.07) is 6.86. The fraction of sp³-hybridized carbons (Fsp3) is 0.667. The van der Waals surface area contributed by atoms with Gasteiger partial charge in [0.25, 0.3) is 5.69 Å². The lowest BCUT2D eigenvalue weighted by atomic mass is 10.1. The summed E-state index contributed by atoms with van der Waals surface area (Å²) >= 11 is 0. The van der Waals surface area contributed by atoms with Gasteiger partial charge in [-0.15, -0.1) is 24.0 Å². The fourth-order valence-electron chi connectivity index (χ4n) is 4.09. The normalized spacial score (nSPS) is 20.1. The summed E-state index contributed by atoms with van der Waals surface area (Å²) in [4.78, 5) is 19.7. The molecule has 1 atom stereocenters. The molecular weight excluding hydrogens is 497 g/mol. The van der Waals surface area contributed by atoms with Crippen LogP contribution in [0.1, 0.15) is 24.8 Å². The highest BCUT2D eigenvalue weighted by Gasteiger charge is 2.26. The SMILES string of the molecule is CN=C(NCCCCc1ccc([N+](=O)[O-])cc1)N1CCC(CN2CCOCC2)C1.I. The minimum Gasteiger partial charge on any atom is -0.379 e. The highest BCUT2D eigenvalue weighted by molar-refractivity contribution is 14.0. The predicted molar refractivity (Wildman–Crippen MR) is 130 cm³/mol. The van der Waals surface area contributed by atoms with Crippen molar-refractivity contribution in [1.82, 2.24) is 15.1 Å². The Balaban J connectivity index is 0.00000320. The molecule has 0 aliphatic carbocycles. The van der Waals surface area contributed by atoms with Gasteiger partial charge in [-0.1, -0.05) is 12.1 Å². The number of morpholine rings is 1. The molecule has 1 N–H and O–H groups in total. The number of nitrogens with one attached hydrogen (secondary N) is 1. The maximum atomic E-state index is 10.7. The Kier molecular flexibility index (Phi) is 10.8. The van der Waals surface area contributed by atoms with Crippen LogP contribution in [0.15, 0.2) is 29.3 Å². The molecule has 8 nitrogen and oxygen atoms in total. The number of rotatable bonds is 8. The fourth-order valence-corrected chi connectivity index (χ4v) is 4.09. The van der Waals surface area contributed by atoms with Crippen molar-refractivity contribution in [2.45, 2.75) is 25.7 Å². The van der Waals surface area contributed by atoms with Gasteiger partial charge in [-0.25, -0.2) is 0 Å². The van der Waals surface area contributed by atoms with Gasteiger partial charge in [0.05, 0.1) is 18.1 Å². The highest BCUT2D eigenvalue weighted by atomic mass is 127. The van der Waals surface area contributed by atoms with Crippen LogP contribution in [0, 0.1) is 16.0 Å². The van der Waals surface area contributed by atoms with Crippen LogP contribution in [0.5, 0.6) is 0 Å². The van der Waals surface area contributed by atoms with Crippen LogP contribution in [-0.2, 0) is 11.2 Å². The maximum Gasteiger partial charge on any atom is 0.269 e. The molecule has 0 bridgehead atoms. The first-order chi connectivity index (χ1) is 14.2. The lowest BCUT2D eigenvalue weighted by molar-refractivity contribution is -0.384. The Bertz CT molecular complexity index is 680. The lowest BCUT2D eigenvalue weighted by Gasteiger charge is -2.29. The summed E-state index contributed by atoms with van der Waals surface area (Å²) in [5, 5.41) is 14.2. The third-order valence-corrected chi connectivity index (χ3v) is 5.74. The summed E-state index contributed by atoms with van der Waals surface area (Å²) < 4.78 is 5.44. The van der Waals surface area contributed by atoms with Crippen molar-refractivity contribution in [2.24, 2.45) is 10.9 Å². The number of nitro groups is 1. The molecule has 2 saturated heterocycles. The molecule has 0 radical (unpaired) electrons. The van der Waals surface area contributed by atoms with E-state index in [9.17, 15) is 10.1 Å². The van der Waals surface area contributed by atoms with E-state index in [1.165, 1.54) is 6.42 Å². The standard InChI is InChI=1S/C21H33N5O3.HI/c1-22-21(25-11-9-19(17-25)16-24-12-14-29-15-13-24)23-10-3-2-4-18-5-7-20(8-6-18)26(27)28;/h5-8,19H,2-4,9-17H2,1H3,(H,22,23);1H. The molecular formula is C21H34IN5O3. The van der Waals surface area contributed by atoms with Crippen molar-refractivity contribution in [3.63, 3.8) is 0 Å². The molecule has 2 aliphatic rings. The Hall–Kier alpha value is -1.46. The zero-order chi connectivity index (χ0) is 20.5. The average molecular weight is 531 g/mol. The molecule has 0 spiro atoms. The number of non-ortho nitro benzene ring substituents is 1. The first kappa shape index (κ1) is 24.8. The van der Waals surface area contributed by atoms with Crippen molar-refractivity contribution in [2.75, 3.05) is 59.5 Å². The number of aryl methyl sites for hydroxylation is 1. The Morgan fingerprint density at radius 1 is 1.23 bits per heavy atom. The summed E-state index contributed by atoms with van der Waals surface area (Å²) in [6.07, 6.45) is 4.24. The Labute approximate surface area is 196 Å². The van der Waals surface area contributed by atoms with Crippen molar-refractivity contribution in [3.05, 3.63) is 39.9 Å². The highest BCUT2D eigenvalue weighted by Crippen LogP contribution is 2.18. The van der Waals surface area contributed by atoms with Crippen molar-refractivity contribution >= 4 is 35.6 Å². The molecule has 168 valence electrons.